The number of rotatable bonds is 2. The van der Waals surface area contributed by atoms with E-state index in [1.54, 1.807) is 0 Å². The lowest BCUT2D eigenvalue weighted by Crippen LogP contribution is -2.32. The average molecular weight is 193 g/mol. The van der Waals surface area contributed by atoms with Crippen molar-refractivity contribution in [3.63, 3.8) is 0 Å². The Morgan fingerprint density at radius 2 is 2.07 bits per heavy atom. The number of hydrogen-bond donors (Lipinski definition) is 0. The molecule has 2 aliphatic rings. The van der Waals surface area contributed by atoms with Crippen LogP contribution in [-0.4, -0.2) is 24.3 Å². The van der Waals surface area contributed by atoms with Gasteiger partial charge in [0.05, 0.1) is 5.92 Å². The zero-order chi connectivity index (χ0) is 9.97. The van der Waals surface area contributed by atoms with Crippen molar-refractivity contribution in [3.8, 4) is 0 Å². The second-order valence-corrected chi connectivity index (χ2v) is 4.55. The lowest BCUT2D eigenvalue weighted by atomic mass is 9.96. The van der Waals surface area contributed by atoms with Gasteiger partial charge in [-0.3, -0.25) is 0 Å². The molecule has 1 aliphatic heterocycles. The summed E-state index contributed by atoms with van der Waals surface area (Å²) in [6.45, 7) is 4.48. The van der Waals surface area contributed by atoms with Gasteiger partial charge in [-0.1, -0.05) is 13.0 Å². The van der Waals surface area contributed by atoms with Crippen molar-refractivity contribution in [2.75, 3.05) is 13.1 Å². The largest absolute Gasteiger partial charge is 0.374 e. The fourth-order valence-electron chi connectivity index (χ4n) is 2.58. The van der Waals surface area contributed by atoms with Crippen molar-refractivity contribution in [1.29, 1.82) is 0 Å². The molecule has 2 unspecified atom stereocenters. The first kappa shape index (κ1) is 9.75. The first-order valence-corrected chi connectivity index (χ1v) is 5.73. The van der Waals surface area contributed by atoms with Gasteiger partial charge in [-0.15, -0.1) is 0 Å². The van der Waals surface area contributed by atoms with Crippen molar-refractivity contribution in [2.45, 2.75) is 32.6 Å². The molecule has 0 radical (unpaired) electrons. The Bertz CT molecular complexity index is 241. The maximum absolute atomic E-state index is 11.0. The summed E-state index contributed by atoms with van der Waals surface area (Å²) in [6, 6.07) is 0. The number of carbonyl (C=O) groups excluding carboxylic acids is 1. The molecule has 1 fully saturated rings. The van der Waals surface area contributed by atoms with Gasteiger partial charge in [0.25, 0.3) is 0 Å². The number of nitrogens with zero attached hydrogens (tertiary/aromatic N) is 1. The minimum absolute atomic E-state index is 0.174. The summed E-state index contributed by atoms with van der Waals surface area (Å²) in [4.78, 5) is 13.4. The molecule has 0 saturated carbocycles. The quantitative estimate of drug-likeness (QED) is 0.627. The monoisotopic (exact) mass is 193 g/mol. The van der Waals surface area contributed by atoms with E-state index in [0.29, 0.717) is 5.92 Å². The summed E-state index contributed by atoms with van der Waals surface area (Å²) in [5, 5.41) is 0. The summed E-state index contributed by atoms with van der Waals surface area (Å²) in [6.07, 6.45) is 8.42. The molecule has 78 valence electrons. The van der Waals surface area contributed by atoms with E-state index in [1.807, 2.05) is 0 Å². The van der Waals surface area contributed by atoms with Crippen LogP contribution >= 0.6 is 0 Å². The molecule has 0 aromatic carbocycles. The van der Waals surface area contributed by atoms with Crippen LogP contribution in [0.3, 0.4) is 0 Å². The van der Waals surface area contributed by atoms with Crippen LogP contribution in [0, 0.1) is 11.8 Å². The molecule has 0 spiro atoms. The number of likely N-dealkylation sites (tertiary alicyclic amines) is 1. The molecule has 2 heteroatoms. The average Bonchev–Trinajstić information content (AvgIpc) is 2.61. The number of hydrogen-bond acceptors (Lipinski definition) is 2. The SMILES string of the molecule is CC1CC=C(N2CCCCC2)C1C=O. The lowest BCUT2D eigenvalue weighted by Gasteiger charge is -2.32. The van der Waals surface area contributed by atoms with E-state index in [-0.39, 0.29) is 5.92 Å². The third-order valence-corrected chi connectivity index (χ3v) is 3.52. The second kappa shape index (κ2) is 4.16. The van der Waals surface area contributed by atoms with E-state index < -0.39 is 0 Å². The van der Waals surface area contributed by atoms with Crippen molar-refractivity contribution >= 4 is 6.29 Å². The molecule has 0 bridgehead atoms. The zero-order valence-corrected chi connectivity index (χ0v) is 8.91. The van der Waals surface area contributed by atoms with Crippen molar-refractivity contribution < 1.29 is 4.79 Å². The van der Waals surface area contributed by atoms with Crippen LogP contribution in [0.4, 0.5) is 0 Å². The second-order valence-electron chi connectivity index (χ2n) is 4.55. The highest BCUT2D eigenvalue weighted by molar-refractivity contribution is 5.60. The smallest absolute Gasteiger partial charge is 0.129 e. The van der Waals surface area contributed by atoms with E-state index in [9.17, 15) is 4.79 Å². The maximum atomic E-state index is 11.0. The van der Waals surface area contributed by atoms with Crippen molar-refractivity contribution in [1.82, 2.24) is 4.90 Å². The van der Waals surface area contributed by atoms with Gasteiger partial charge in [0.15, 0.2) is 0 Å². The molecule has 1 saturated heterocycles. The van der Waals surface area contributed by atoms with Gasteiger partial charge in [0, 0.05) is 18.8 Å². The fourth-order valence-corrected chi connectivity index (χ4v) is 2.58. The minimum atomic E-state index is 0.174. The standard InChI is InChI=1S/C12H19NO/c1-10-5-6-12(11(10)9-14)13-7-3-2-4-8-13/h6,9-11H,2-5,7-8H2,1H3. The number of carbonyl (C=O) groups is 1. The predicted molar refractivity (Wildman–Crippen MR) is 56.8 cm³/mol. The molecule has 0 N–H and O–H groups in total. The lowest BCUT2D eigenvalue weighted by molar-refractivity contribution is -0.111. The normalized spacial score (nSPS) is 32.9. The van der Waals surface area contributed by atoms with Crippen molar-refractivity contribution in [2.24, 2.45) is 11.8 Å². The van der Waals surface area contributed by atoms with E-state index >= 15 is 0 Å². The van der Waals surface area contributed by atoms with Gasteiger partial charge >= 0.3 is 0 Å². The molecule has 2 rings (SSSR count). The molecule has 14 heavy (non-hydrogen) atoms. The van der Waals surface area contributed by atoms with E-state index in [4.69, 9.17) is 0 Å². The highest BCUT2D eigenvalue weighted by Gasteiger charge is 2.29. The maximum Gasteiger partial charge on any atom is 0.129 e. The van der Waals surface area contributed by atoms with Crippen LogP contribution in [0.25, 0.3) is 0 Å². The molecular weight excluding hydrogens is 174 g/mol. The zero-order valence-electron chi connectivity index (χ0n) is 8.91. The van der Waals surface area contributed by atoms with E-state index in [1.165, 1.54) is 25.0 Å². The number of allylic oxidation sites excluding steroid dienone is 2. The molecule has 2 atom stereocenters. The highest BCUT2D eigenvalue weighted by atomic mass is 16.1. The minimum Gasteiger partial charge on any atom is -0.374 e. The summed E-state index contributed by atoms with van der Waals surface area (Å²) in [5.74, 6) is 0.692. The summed E-state index contributed by atoms with van der Waals surface area (Å²) in [5.41, 5.74) is 1.31. The van der Waals surface area contributed by atoms with Gasteiger partial charge in [0.2, 0.25) is 0 Å². The topological polar surface area (TPSA) is 20.3 Å². The molecule has 0 amide bonds. The summed E-state index contributed by atoms with van der Waals surface area (Å²) < 4.78 is 0. The Morgan fingerprint density at radius 3 is 2.71 bits per heavy atom. The Labute approximate surface area is 86.0 Å². The first-order valence-electron chi connectivity index (χ1n) is 5.73. The number of aldehydes is 1. The Balaban J connectivity index is 2.05. The predicted octanol–water partition coefficient (Wildman–Crippen LogP) is 2.21. The summed E-state index contributed by atoms with van der Waals surface area (Å²) >= 11 is 0. The molecule has 0 aromatic heterocycles. The highest BCUT2D eigenvalue weighted by Crippen LogP contribution is 2.33. The Hall–Kier alpha value is -0.790. The molecule has 1 aliphatic carbocycles. The Kier molecular flexibility index (Phi) is 2.90. The van der Waals surface area contributed by atoms with Crippen LogP contribution in [-0.2, 0) is 4.79 Å². The van der Waals surface area contributed by atoms with Crippen LogP contribution in [0.1, 0.15) is 32.6 Å². The summed E-state index contributed by atoms with van der Waals surface area (Å²) in [7, 11) is 0. The van der Waals surface area contributed by atoms with Gasteiger partial charge in [-0.05, 0) is 31.6 Å². The molecule has 0 aromatic rings. The van der Waals surface area contributed by atoms with E-state index in [2.05, 4.69) is 17.9 Å². The van der Waals surface area contributed by atoms with Gasteiger partial charge in [-0.2, -0.15) is 0 Å². The van der Waals surface area contributed by atoms with Crippen LogP contribution in [0.5, 0.6) is 0 Å². The molecule has 1 heterocycles. The van der Waals surface area contributed by atoms with E-state index in [0.717, 1.165) is 25.8 Å². The van der Waals surface area contributed by atoms with Gasteiger partial charge < -0.3 is 9.69 Å². The first-order chi connectivity index (χ1) is 6.83. The third-order valence-electron chi connectivity index (χ3n) is 3.52. The Morgan fingerprint density at radius 1 is 1.36 bits per heavy atom. The molecule has 2 nitrogen and oxygen atoms in total. The van der Waals surface area contributed by atoms with Crippen molar-refractivity contribution in [3.05, 3.63) is 11.8 Å². The van der Waals surface area contributed by atoms with Crippen LogP contribution < -0.4 is 0 Å². The third kappa shape index (κ3) is 1.70. The van der Waals surface area contributed by atoms with Crippen LogP contribution in [0.15, 0.2) is 11.8 Å². The van der Waals surface area contributed by atoms with Gasteiger partial charge in [-0.25, -0.2) is 0 Å². The van der Waals surface area contributed by atoms with Crippen LogP contribution in [0.2, 0.25) is 0 Å². The molecular formula is C12H19NO. The fraction of sp³-hybridized carbons (Fsp3) is 0.750. The number of piperidine rings is 1. The van der Waals surface area contributed by atoms with Gasteiger partial charge in [0.1, 0.15) is 6.29 Å².